The van der Waals surface area contributed by atoms with Crippen molar-refractivity contribution in [1.29, 1.82) is 0 Å². The molecule has 0 aliphatic carbocycles. The van der Waals surface area contributed by atoms with Crippen LogP contribution in [0, 0.1) is 0 Å². The van der Waals surface area contributed by atoms with E-state index in [4.69, 9.17) is 4.74 Å². The Kier molecular flexibility index (Phi) is 6.81. The molecule has 2 aromatic rings. The normalized spacial score (nSPS) is 15.4. The Morgan fingerprint density at radius 1 is 1.04 bits per heavy atom. The molecule has 0 unspecified atom stereocenters. The number of benzene rings is 2. The summed E-state index contributed by atoms with van der Waals surface area (Å²) in [5, 5.41) is 0. The number of hydrogen-bond acceptors (Lipinski definition) is 4. The summed E-state index contributed by atoms with van der Waals surface area (Å²) in [6, 6.07) is 14.8. The maximum absolute atomic E-state index is 13.0. The first-order valence-corrected chi connectivity index (χ1v) is 9.26. The number of halogens is 2. The van der Waals surface area contributed by atoms with E-state index >= 15 is 0 Å². The Morgan fingerprint density at radius 3 is 2.54 bits per heavy atom. The van der Waals surface area contributed by atoms with E-state index in [1.807, 2.05) is 18.2 Å². The van der Waals surface area contributed by atoms with Crippen LogP contribution >= 0.6 is 0 Å². The predicted octanol–water partition coefficient (Wildman–Crippen LogP) is 3.64. The summed E-state index contributed by atoms with van der Waals surface area (Å²) in [5.41, 5.74) is 1.32. The van der Waals surface area contributed by atoms with Crippen molar-refractivity contribution in [2.45, 2.75) is 19.6 Å². The van der Waals surface area contributed by atoms with Crippen LogP contribution in [0.2, 0.25) is 0 Å². The first-order chi connectivity index (χ1) is 13.6. The van der Waals surface area contributed by atoms with Crippen molar-refractivity contribution >= 4 is 5.91 Å². The molecule has 0 spiro atoms. The van der Waals surface area contributed by atoms with Crippen LogP contribution in [0.4, 0.5) is 8.78 Å². The van der Waals surface area contributed by atoms with Gasteiger partial charge in [0, 0.05) is 32.7 Å². The van der Waals surface area contributed by atoms with E-state index in [1.54, 1.807) is 11.0 Å². The fourth-order valence-electron chi connectivity index (χ4n) is 3.40. The van der Waals surface area contributed by atoms with Gasteiger partial charge in [-0.3, -0.25) is 9.69 Å². The molecule has 2 aromatic carbocycles. The van der Waals surface area contributed by atoms with E-state index in [1.165, 1.54) is 24.8 Å². The SMILES string of the molecule is COc1cccc(C(=O)N2CCCN(Cc3ccccc3)CC2)c1OC(F)F. The fraction of sp³-hybridized carbons (Fsp3) is 0.381. The van der Waals surface area contributed by atoms with Gasteiger partial charge in [0.25, 0.3) is 5.91 Å². The minimum absolute atomic E-state index is 0.0937. The fourth-order valence-corrected chi connectivity index (χ4v) is 3.40. The molecule has 1 saturated heterocycles. The molecule has 0 aromatic heterocycles. The molecule has 7 heteroatoms. The van der Waals surface area contributed by atoms with Gasteiger partial charge >= 0.3 is 6.61 Å². The molecule has 28 heavy (non-hydrogen) atoms. The molecule has 1 heterocycles. The Hall–Kier alpha value is -2.67. The number of ether oxygens (including phenoxy) is 2. The molecule has 0 saturated carbocycles. The largest absolute Gasteiger partial charge is 0.493 e. The van der Waals surface area contributed by atoms with Gasteiger partial charge in [0.2, 0.25) is 0 Å². The minimum Gasteiger partial charge on any atom is -0.493 e. The van der Waals surface area contributed by atoms with Crippen molar-refractivity contribution in [2.75, 3.05) is 33.3 Å². The topological polar surface area (TPSA) is 42.0 Å². The van der Waals surface area contributed by atoms with Crippen LogP contribution in [0.1, 0.15) is 22.3 Å². The van der Waals surface area contributed by atoms with Gasteiger partial charge in [-0.2, -0.15) is 8.78 Å². The van der Waals surface area contributed by atoms with Gasteiger partial charge in [-0.15, -0.1) is 0 Å². The van der Waals surface area contributed by atoms with Crippen molar-refractivity contribution in [3.8, 4) is 11.5 Å². The number of carbonyl (C=O) groups is 1. The molecule has 0 bridgehead atoms. The number of alkyl halides is 2. The molecule has 1 amide bonds. The predicted molar refractivity (Wildman–Crippen MR) is 102 cm³/mol. The number of methoxy groups -OCH3 is 1. The monoisotopic (exact) mass is 390 g/mol. The van der Waals surface area contributed by atoms with Crippen LogP contribution in [-0.4, -0.2) is 55.6 Å². The van der Waals surface area contributed by atoms with Crippen LogP contribution in [0.15, 0.2) is 48.5 Å². The van der Waals surface area contributed by atoms with Crippen LogP contribution in [-0.2, 0) is 6.54 Å². The van der Waals surface area contributed by atoms with Crippen molar-refractivity contribution in [3.05, 3.63) is 59.7 Å². The van der Waals surface area contributed by atoms with Crippen LogP contribution in [0.5, 0.6) is 11.5 Å². The Balaban J connectivity index is 1.71. The molecule has 1 aliphatic heterocycles. The molecule has 3 rings (SSSR count). The molecule has 150 valence electrons. The number of para-hydroxylation sites is 1. The summed E-state index contributed by atoms with van der Waals surface area (Å²) in [5.74, 6) is -0.418. The summed E-state index contributed by atoms with van der Waals surface area (Å²) in [4.78, 5) is 17.0. The summed E-state index contributed by atoms with van der Waals surface area (Å²) >= 11 is 0. The van der Waals surface area contributed by atoms with E-state index < -0.39 is 6.61 Å². The number of amides is 1. The number of carbonyl (C=O) groups excluding carboxylic acids is 1. The molecule has 0 atom stereocenters. The van der Waals surface area contributed by atoms with E-state index in [-0.39, 0.29) is 23.0 Å². The lowest BCUT2D eigenvalue weighted by atomic mass is 10.1. The lowest BCUT2D eigenvalue weighted by molar-refractivity contribution is -0.0516. The summed E-state index contributed by atoms with van der Waals surface area (Å²) in [7, 11) is 1.36. The Labute approximate surface area is 163 Å². The highest BCUT2D eigenvalue weighted by Gasteiger charge is 2.26. The summed E-state index contributed by atoms with van der Waals surface area (Å²) in [6.07, 6.45) is 0.813. The van der Waals surface area contributed by atoms with Crippen LogP contribution < -0.4 is 9.47 Å². The highest BCUT2D eigenvalue weighted by atomic mass is 19.3. The molecular weight excluding hydrogens is 366 g/mol. The van der Waals surface area contributed by atoms with Crippen molar-refractivity contribution in [3.63, 3.8) is 0 Å². The molecule has 0 N–H and O–H groups in total. The molecular formula is C21H24F2N2O3. The number of hydrogen-bond donors (Lipinski definition) is 0. The standard InChI is InChI=1S/C21H24F2N2O3/c1-27-18-10-5-9-17(19(18)28-21(22)23)20(26)25-12-6-11-24(13-14-25)15-16-7-3-2-4-8-16/h2-5,7-10,21H,6,11-15H2,1H3. The van der Waals surface area contributed by atoms with E-state index in [0.29, 0.717) is 13.1 Å². The van der Waals surface area contributed by atoms with Gasteiger partial charge in [-0.05, 0) is 24.1 Å². The van der Waals surface area contributed by atoms with Gasteiger partial charge in [0.15, 0.2) is 11.5 Å². The molecule has 5 nitrogen and oxygen atoms in total. The van der Waals surface area contributed by atoms with Gasteiger partial charge < -0.3 is 14.4 Å². The second-order valence-corrected chi connectivity index (χ2v) is 6.62. The lowest BCUT2D eigenvalue weighted by Gasteiger charge is -2.23. The number of nitrogens with zero attached hydrogens (tertiary/aromatic N) is 2. The summed E-state index contributed by atoms with van der Waals surface area (Å²) in [6.45, 7) is 0.467. The van der Waals surface area contributed by atoms with Crippen LogP contribution in [0.3, 0.4) is 0 Å². The average molecular weight is 390 g/mol. The molecule has 0 radical (unpaired) electrons. The maximum Gasteiger partial charge on any atom is 0.387 e. The zero-order valence-electron chi connectivity index (χ0n) is 15.8. The van der Waals surface area contributed by atoms with E-state index in [2.05, 4.69) is 21.8 Å². The lowest BCUT2D eigenvalue weighted by Crippen LogP contribution is -2.35. The maximum atomic E-state index is 13.0. The number of rotatable bonds is 6. The minimum atomic E-state index is -3.03. The smallest absolute Gasteiger partial charge is 0.387 e. The first kappa shape index (κ1) is 20.1. The third-order valence-corrected chi connectivity index (χ3v) is 4.76. The van der Waals surface area contributed by atoms with Gasteiger partial charge in [0.05, 0.1) is 12.7 Å². The highest BCUT2D eigenvalue weighted by Crippen LogP contribution is 2.33. The second kappa shape index (κ2) is 9.50. The second-order valence-electron chi connectivity index (χ2n) is 6.62. The van der Waals surface area contributed by atoms with Crippen molar-refractivity contribution in [1.82, 2.24) is 9.80 Å². The van der Waals surface area contributed by atoms with Gasteiger partial charge in [-0.1, -0.05) is 36.4 Å². The average Bonchev–Trinajstić information content (AvgIpc) is 2.93. The Morgan fingerprint density at radius 2 is 1.82 bits per heavy atom. The van der Waals surface area contributed by atoms with E-state index in [0.717, 1.165) is 26.1 Å². The summed E-state index contributed by atoms with van der Waals surface area (Å²) < 4.78 is 35.4. The van der Waals surface area contributed by atoms with Gasteiger partial charge in [0.1, 0.15) is 0 Å². The van der Waals surface area contributed by atoms with Crippen molar-refractivity contribution < 1.29 is 23.0 Å². The Bertz CT molecular complexity index is 786. The third-order valence-electron chi connectivity index (χ3n) is 4.76. The zero-order chi connectivity index (χ0) is 19.9. The highest BCUT2D eigenvalue weighted by molar-refractivity contribution is 5.97. The molecule has 1 fully saturated rings. The third kappa shape index (κ3) is 4.98. The first-order valence-electron chi connectivity index (χ1n) is 9.26. The van der Waals surface area contributed by atoms with Crippen LogP contribution in [0.25, 0.3) is 0 Å². The zero-order valence-corrected chi connectivity index (χ0v) is 15.8. The quantitative estimate of drug-likeness (QED) is 0.755. The van der Waals surface area contributed by atoms with Crippen molar-refractivity contribution in [2.24, 2.45) is 0 Å². The van der Waals surface area contributed by atoms with E-state index in [9.17, 15) is 13.6 Å². The molecule has 1 aliphatic rings. The van der Waals surface area contributed by atoms with Gasteiger partial charge in [-0.25, -0.2) is 0 Å².